The third-order valence-electron chi connectivity index (χ3n) is 4.14. The van der Waals surface area contributed by atoms with Gasteiger partial charge in [0.15, 0.2) is 5.96 Å². The number of aryl methyl sites for hydroxylation is 1. The van der Waals surface area contributed by atoms with Crippen LogP contribution in [0.2, 0.25) is 0 Å². The van der Waals surface area contributed by atoms with Crippen molar-refractivity contribution < 1.29 is 4.39 Å². The highest BCUT2D eigenvalue weighted by molar-refractivity contribution is 7.11. The molecular formula is C18H24FN5S. The highest BCUT2D eigenvalue weighted by Gasteiger charge is 2.21. The van der Waals surface area contributed by atoms with Crippen molar-refractivity contribution in [2.45, 2.75) is 20.4 Å². The van der Waals surface area contributed by atoms with E-state index in [1.807, 2.05) is 18.3 Å². The van der Waals surface area contributed by atoms with Crippen molar-refractivity contribution in [3.63, 3.8) is 0 Å². The molecule has 0 atom stereocenters. The van der Waals surface area contributed by atoms with Crippen LogP contribution in [0.3, 0.4) is 0 Å². The summed E-state index contributed by atoms with van der Waals surface area (Å²) in [5.41, 5.74) is 0.683. The molecule has 1 saturated heterocycles. The molecule has 0 amide bonds. The van der Waals surface area contributed by atoms with Gasteiger partial charge in [-0.15, -0.1) is 11.3 Å². The minimum atomic E-state index is -0.157. The Morgan fingerprint density at radius 3 is 2.68 bits per heavy atom. The SMILES string of the molecule is CCNC(=NCc1ncc(C)s1)N1CCN(c2ccccc2F)CC1. The first-order chi connectivity index (χ1) is 12.2. The van der Waals surface area contributed by atoms with E-state index in [-0.39, 0.29) is 5.82 Å². The number of hydrogen-bond donors (Lipinski definition) is 1. The van der Waals surface area contributed by atoms with E-state index in [1.54, 1.807) is 17.4 Å². The molecule has 1 aliphatic heterocycles. The number of halogens is 1. The second-order valence-electron chi connectivity index (χ2n) is 5.96. The molecule has 1 aromatic heterocycles. The third kappa shape index (κ3) is 4.48. The average molecular weight is 361 g/mol. The standard InChI is InChI=1S/C18H24FN5S/c1-3-20-18(22-13-17-21-12-14(2)25-17)24-10-8-23(9-11-24)16-7-5-4-6-15(16)19/h4-7,12H,3,8-11,13H2,1-2H3,(H,20,22). The van der Waals surface area contributed by atoms with Gasteiger partial charge < -0.3 is 15.1 Å². The molecule has 2 heterocycles. The summed E-state index contributed by atoms with van der Waals surface area (Å²) in [7, 11) is 0. The molecule has 0 aliphatic carbocycles. The summed E-state index contributed by atoms with van der Waals surface area (Å²) in [6.45, 7) is 8.73. The van der Waals surface area contributed by atoms with Crippen LogP contribution in [0, 0.1) is 12.7 Å². The van der Waals surface area contributed by atoms with Crippen LogP contribution in [-0.4, -0.2) is 48.6 Å². The third-order valence-corrected chi connectivity index (χ3v) is 5.04. The van der Waals surface area contributed by atoms with E-state index in [0.717, 1.165) is 43.7 Å². The molecule has 0 unspecified atom stereocenters. The maximum Gasteiger partial charge on any atom is 0.194 e. The van der Waals surface area contributed by atoms with Crippen LogP contribution in [0.1, 0.15) is 16.8 Å². The second kappa shape index (κ2) is 8.29. The number of aliphatic imine (C=N–C) groups is 1. The Balaban J connectivity index is 1.63. The number of rotatable bonds is 4. The Hall–Kier alpha value is -2.15. The number of thiazole rings is 1. The number of piperazine rings is 1. The zero-order valence-corrected chi connectivity index (χ0v) is 15.5. The Kier molecular flexibility index (Phi) is 5.86. The summed E-state index contributed by atoms with van der Waals surface area (Å²) in [6.07, 6.45) is 1.88. The lowest BCUT2D eigenvalue weighted by atomic mass is 10.2. The number of nitrogens with one attached hydrogen (secondary N) is 1. The van der Waals surface area contributed by atoms with Gasteiger partial charge in [0.05, 0.1) is 12.2 Å². The topological polar surface area (TPSA) is 43.8 Å². The van der Waals surface area contributed by atoms with Crippen LogP contribution in [-0.2, 0) is 6.54 Å². The lowest BCUT2D eigenvalue weighted by Gasteiger charge is -2.37. The number of hydrogen-bond acceptors (Lipinski definition) is 4. The van der Waals surface area contributed by atoms with Gasteiger partial charge in [0.2, 0.25) is 0 Å². The summed E-state index contributed by atoms with van der Waals surface area (Å²) in [5.74, 6) is 0.749. The lowest BCUT2D eigenvalue weighted by Crippen LogP contribution is -2.52. The molecule has 1 aromatic carbocycles. The molecule has 3 rings (SSSR count). The van der Waals surface area contributed by atoms with Crippen LogP contribution >= 0.6 is 11.3 Å². The fraction of sp³-hybridized carbons (Fsp3) is 0.444. The highest BCUT2D eigenvalue weighted by atomic mass is 32.1. The van der Waals surface area contributed by atoms with E-state index in [0.29, 0.717) is 12.2 Å². The molecule has 1 N–H and O–H groups in total. The molecule has 5 nitrogen and oxygen atoms in total. The minimum Gasteiger partial charge on any atom is -0.366 e. The summed E-state index contributed by atoms with van der Waals surface area (Å²) in [4.78, 5) is 14.6. The Morgan fingerprint density at radius 2 is 2.04 bits per heavy atom. The maximum absolute atomic E-state index is 14.0. The van der Waals surface area contributed by atoms with E-state index in [4.69, 9.17) is 4.99 Å². The van der Waals surface area contributed by atoms with Gasteiger partial charge >= 0.3 is 0 Å². The first kappa shape index (κ1) is 17.7. The Morgan fingerprint density at radius 1 is 1.28 bits per heavy atom. The monoisotopic (exact) mass is 361 g/mol. The van der Waals surface area contributed by atoms with E-state index < -0.39 is 0 Å². The largest absolute Gasteiger partial charge is 0.366 e. The van der Waals surface area contributed by atoms with Crippen molar-refractivity contribution in [3.8, 4) is 0 Å². The fourth-order valence-corrected chi connectivity index (χ4v) is 3.62. The smallest absolute Gasteiger partial charge is 0.194 e. The predicted molar refractivity (Wildman–Crippen MR) is 102 cm³/mol. The molecule has 2 aromatic rings. The van der Waals surface area contributed by atoms with Gasteiger partial charge in [0.25, 0.3) is 0 Å². The minimum absolute atomic E-state index is 0.157. The highest BCUT2D eigenvalue weighted by Crippen LogP contribution is 2.20. The quantitative estimate of drug-likeness (QED) is 0.672. The summed E-state index contributed by atoms with van der Waals surface area (Å²) in [6, 6.07) is 6.97. The van der Waals surface area contributed by atoms with Gasteiger partial charge in [-0.3, -0.25) is 0 Å². The second-order valence-corrected chi connectivity index (χ2v) is 7.28. The number of guanidine groups is 1. The normalized spacial score (nSPS) is 15.6. The number of aromatic nitrogens is 1. The fourth-order valence-electron chi connectivity index (χ4n) is 2.91. The molecule has 134 valence electrons. The van der Waals surface area contributed by atoms with E-state index in [1.165, 1.54) is 10.9 Å². The van der Waals surface area contributed by atoms with Crippen LogP contribution in [0.5, 0.6) is 0 Å². The summed E-state index contributed by atoms with van der Waals surface area (Å²) >= 11 is 1.68. The number of anilines is 1. The summed E-state index contributed by atoms with van der Waals surface area (Å²) in [5, 5.41) is 4.38. The first-order valence-corrected chi connectivity index (χ1v) is 9.43. The van der Waals surface area contributed by atoms with Crippen molar-refractivity contribution in [1.82, 2.24) is 15.2 Å². The number of nitrogens with zero attached hydrogens (tertiary/aromatic N) is 4. The predicted octanol–water partition coefficient (Wildman–Crippen LogP) is 2.88. The van der Waals surface area contributed by atoms with Gasteiger partial charge in [0.1, 0.15) is 10.8 Å². The maximum atomic E-state index is 14.0. The van der Waals surface area contributed by atoms with E-state index >= 15 is 0 Å². The van der Waals surface area contributed by atoms with Crippen LogP contribution in [0.25, 0.3) is 0 Å². The van der Waals surface area contributed by atoms with Crippen molar-refractivity contribution in [2.75, 3.05) is 37.6 Å². The van der Waals surface area contributed by atoms with Crippen LogP contribution in [0.15, 0.2) is 35.5 Å². The van der Waals surface area contributed by atoms with Gasteiger partial charge in [0, 0.05) is 43.8 Å². The first-order valence-electron chi connectivity index (χ1n) is 8.61. The van der Waals surface area contributed by atoms with Crippen molar-refractivity contribution in [1.29, 1.82) is 0 Å². The zero-order chi connectivity index (χ0) is 17.6. The van der Waals surface area contributed by atoms with Crippen LogP contribution < -0.4 is 10.2 Å². The van der Waals surface area contributed by atoms with Gasteiger partial charge in [-0.2, -0.15) is 0 Å². The Bertz CT molecular complexity index is 722. The number of benzene rings is 1. The molecule has 0 spiro atoms. The molecule has 0 radical (unpaired) electrons. The molecule has 25 heavy (non-hydrogen) atoms. The summed E-state index contributed by atoms with van der Waals surface area (Å²) < 4.78 is 14.0. The molecule has 1 fully saturated rings. The zero-order valence-electron chi connectivity index (χ0n) is 14.7. The van der Waals surface area contributed by atoms with Gasteiger partial charge in [-0.05, 0) is 26.0 Å². The van der Waals surface area contributed by atoms with Gasteiger partial charge in [-0.25, -0.2) is 14.4 Å². The molecule has 0 saturated carbocycles. The van der Waals surface area contributed by atoms with Crippen molar-refractivity contribution in [2.24, 2.45) is 4.99 Å². The molecule has 1 aliphatic rings. The van der Waals surface area contributed by atoms with E-state index in [9.17, 15) is 4.39 Å². The molecule has 0 bridgehead atoms. The number of para-hydroxylation sites is 1. The molecular weight excluding hydrogens is 337 g/mol. The van der Waals surface area contributed by atoms with Crippen LogP contribution in [0.4, 0.5) is 10.1 Å². The van der Waals surface area contributed by atoms with Gasteiger partial charge in [-0.1, -0.05) is 12.1 Å². The lowest BCUT2D eigenvalue weighted by molar-refractivity contribution is 0.370. The molecule has 7 heteroatoms. The average Bonchev–Trinajstić information content (AvgIpc) is 3.05. The van der Waals surface area contributed by atoms with Crippen molar-refractivity contribution in [3.05, 3.63) is 46.2 Å². The van der Waals surface area contributed by atoms with Crippen molar-refractivity contribution >= 4 is 23.0 Å². The van der Waals surface area contributed by atoms with E-state index in [2.05, 4.69) is 33.9 Å². The Labute approximate surface area is 152 Å².